The molecule has 0 bridgehead atoms. The highest BCUT2D eigenvalue weighted by molar-refractivity contribution is 7.15. The highest BCUT2D eigenvalue weighted by Crippen LogP contribution is 2.29. The number of fused-ring (bicyclic) bond motifs is 1. The second-order valence-corrected chi connectivity index (χ2v) is 7.75. The van der Waals surface area contributed by atoms with Crippen molar-refractivity contribution < 1.29 is 4.79 Å². The second kappa shape index (κ2) is 7.40. The molecule has 25 heavy (non-hydrogen) atoms. The fourth-order valence-corrected chi connectivity index (χ4v) is 4.56. The summed E-state index contributed by atoms with van der Waals surface area (Å²) in [6.45, 7) is 1.40. The number of hydrogen-bond donors (Lipinski definition) is 1. The first-order valence-corrected chi connectivity index (χ1v) is 9.90. The van der Waals surface area contributed by atoms with Gasteiger partial charge in [0.1, 0.15) is 0 Å². The van der Waals surface area contributed by atoms with E-state index in [4.69, 9.17) is 0 Å². The van der Waals surface area contributed by atoms with Crippen LogP contribution in [0.4, 0.5) is 9.93 Å². The van der Waals surface area contributed by atoms with Crippen LogP contribution in [0.5, 0.6) is 0 Å². The van der Waals surface area contributed by atoms with Crippen LogP contribution < -0.4 is 5.32 Å². The number of nitrogens with one attached hydrogen (secondary N) is 1. The number of rotatable bonds is 2. The number of nitrogens with zero attached hydrogens (tertiary/aromatic N) is 2. The summed E-state index contributed by atoms with van der Waals surface area (Å²) in [7, 11) is 0. The molecule has 1 aliphatic carbocycles. The van der Waals surface area contributed by atoms with E-state index < -0.39 is 0 Å². The average molecular weight is 353 g/mol. The van der Waals surface area contributed by atoms with Crippen LogP contribution in [0.2, 0.25) is 0 Å². The number of aryl methyl sites for hydroxylation is 2. The van der Waals surface area contributed by atoms with E-state index in [0.29, 0.717) is 6.54 Å². The summed E-state index contributed by atoms with van der Waals surface area (Å²) in [5.74, 6) is 0. The molecule has 0 atom stereocenters. The molecule has 2 aromatic rings. The molecule has 0 spiro atoms. The minimum atomic E-state index is -0.0349. The largest absolute Gasteiger partial charge is 0.323 e. The monoisotopic (exact) mass is 353 g/mol. The Labute approximate surface area is 152 Å². The van der Waals surface area contributed by atoms with E-state index in [1.807, 2.05) is 11.0 Å². The second-order valence-electron chi connectivity index (χ2n) is 6.67. The number of carbonyl (C=O) groups excluding carboxylic acids is 1. The fourth-order valence-electron chi connectivity index (χ4n) is 3.52. The number of thiazole rings is 1. The summed E-state index contributed by atoms with van der Waals surface area (Å²) in [6.07, 6.45) is 8.95. The van der Waals surface area contributed by atoms with E-state index in [0.717, 1.165) is 30.9 Å². The van der Waals surface area contributed by atoms with Crippen LogP contribution in [0, 0.1) is 0 Å². The van der Waals surface area contributed by atoms with Crippen LogP contribution in [0.15, 0.2) is 36.4 Å². The average Bonchev–Trinajstić information content (AvgIpc) is 2.90. The first-order chi connectivity index (χ1) is 12.3. The molecule has 0 fully saturated rings. The number of aromatic nitrogens is 1. The first kappa shape index (κ1) is 16.3. The van der Waals surface area contributed by atoms with Gasteiger partial charge in [-0.1, -0.05) is 42.8 Å². The Kier molecular flexibility index (Phi) is 4.83. The molecular weight excluding hydrogens is 330 g/mol. The van der Waals surface area contributed by atoms with Crippen LogP contribution in [-0.4, -0.2) is 29.0 Å². The summed E-state index contributed by atoms with van der Waals surface area (Å²) < 4.78 is 0. The number of anilines is 1. The Hall–Kier alpha value is -2.14. The molecule has 0 saturated heterocycles. The van der Waals surface area contributed by atoms with Gasteiger partial charge < -0.3 is 4.90 Å². The molecule has 1 aromatic carbocycles. The highest BCUT2D eigenvalue weighted by Gasteiger charge is 2.20. The molecule has 0 unspecified atom stereocenters. The Balaban J connectivity index is 1.39. The zero-order chi connectivity index (χ0) is 17.1. The summed E-state index contributed by atoms with van der Waals surface area (Å²) in [5, 5.41) is 3.77. The van der Waals surface area contributed by atoms with Gasteiger partial charge in [-0.15, -0.1) is 11.3 Å². The van der Waals surface area contributed by atoms with Crippen molar-refractivity contribution in [2.75, 3.05) is 18.4 Å². The standard InChI is InChI=1S/C20H23N3OS/c24-20(22-19-21-17-9-5-2-6-10-18(17)25-19)23-13-11-16(12-14-23)15-7-3-1-4-8-15/h1,3-4,7-8,11H,2,5-6,9-10,12-14H2,(H,21,22,24). The predicted octanol–water partition coefficient (Wildman–Crippen LogP) is 4.73. The third-order valence-electron chi connectivity index (χ3n) is 4.95. The number of carbonyl (C=O) groups is 1. The molecule has 2 amide bonds. The van der Waals surface area contributed by atoms with Gasteiger partial charge in [-0.3, -0.25) is 5.32 Å². The Morgan fingerprint density at radius 2 is 1.92 bits per heavy atom. The lowest BCUT2D eigenvalue weighted by molar-refractivity contribution is 0.217. The lowest BCUT2D eigenvalue weighted by Crippen LogP contribution is -2.37. The van der Waals surface area contributed by atoms with E-state index in [2.05, 4.69) is 40.6 Å². The summed E-state index contributed by atoms with van der Waals surface area (Å²) in [6, 6.07) is 10.4. The van der Waals surface area contributed by atoms with Crippen LogP contribution in [0.1, 0.15) is 41.8 Å². The third-order valence-corrected chi connectivity index (χ3v) is 6.02. The van der Waals surface area contributed by atoms with Crippen molar-refractivity contribution in [3.8, 4) is 0 Å². The van der Waals surface area contributed by atoms with Gasteiger partial charge in [0, 0.05) is 18.0 Å². The van der Waals surface area contributed by atoms with Crippen LogP contribution in [0.3, 0.4) is 0 Å². The van der Waals surface area contributed by atoms with Gasteiger partial charge in [-0.25, -0.2) is 9.78 Å². The number of benzene rings is 1. The van der Waals surface area contributed by atoms with Crippen LogP contribution in [0.25, 0.3) is 5.57 Å². The van der Waals surface area contributed by atoms with Gasteiger partial charge in [0.25, 0.3) is 0 Å². The predicted molar refractivity (Wildman–Crippen MR) is 103 cm³/mol. The Bertz CT molecular complexity index is 758. The molecule has 2 heterocycles. The van der Waals surface area contributed by atoms with Gasteiger partial charge in [-0.2, -0.15) is 0 Å². The maximum absolute atomic E-state index is 12.5. The zero-order valence-corrected chi connectivity index (χ0v) is 15.1. The van der Waals surface area contributed by atoms with Gasteiger partial charge >= 0.3 is 6.03 Å². The number of hydrogen-bond acceptors (Lipinski definition) is 3. The van der Waals surface area contributed by atoms with Gasteiger partial charge in [-0.05, 0) is 43.2 Å². The molecule has 4 rings (SSSR count). The molecule has 2 aliphatic rings. The maximum Gasteiger partial charge on any atom is 0.323 e. The van der Waals surface area contributed by atoms with Crippen molar-refractivity contribution >= 4 is 28.1 Å². The topological polar surface area (TPSA) is 45.2 Å². The first-order valence-electron chi connectivity index (χ1n) is 9.08. The van der Waals surface area contributed by atoms with Crippen molar-refractivity contribution in [3.63, 3.8) is 0 Å². The van der Waals surface area contributed by atoms with E-state index in [9.17, 15) is 4.79 Å². The Morgan fingerprint density at radius 3 is 2.72 bits per heavy atom. The van der Waals surface area contributed by atoms with Crippen molar-refractivity contribution in [3.05, 3.63) is 52.5 Å². The molecule has 0 radical (unpaired) electrons. The molecule has 130 valence electrons. The third kappa shape index (κ3) is 3.76. The van der Waals surface area contributed by atoms with Gasteiger partial charge in [0.2, 0.25) is 0 Å². The molecule has 4 nitrogen and oxygen atoms in total. The summed E-state index contributed by atoms with van der Waals surface area (Å²) >= 11 is 1.65. The quantitative estimate of drug-likeness (QED) is 0.793. The normalized spacial score (nSPS) is 17.4. The van der Waals surface area contributed by atoms with Crippen LogP contribution in [-0.2, 0) is 12.8 Å². The minimum Gasteiger partial charge on any atom is -0.320 e. The van der Waals surface area contributed by atoms with Crippen molar-refractivity contribution in [2.24, 2.45) is 0 Å². The van der Waals surface area contributed by atoms with Crippen LogP contribution >= 0.6 is 11.3 Å². The SMILES string of the molecule is O=C(Nc1nc2c(s1)CCCCC2)N1CC=C(c2ccccc2)CC1. The zero-order valence-electron chi connectivity index (χ0n) is 14.3. The Morgan fingerprint density at radius 1 is 1.08 bits per heavy atom. The van der Waals surface area contributed by atoms with E-state index in [-0.39, 0.29) is 6.03 Å². The van der Waals surface area contributed by atoms with E-state index in [1.54, 1.807) is 11.3 Å². The number of urea groups is 1. The number of amides is 2. The molecule has 5 heteroatoms. The van der Waals surface area contributed by atoms with Gasteiger partial charge in [0.15, 0.2) is 5.13 Å². The molecule has 0 saturated carbocycles. The van der Waals surface area contributed by atoms with Crippen molar-refractivity contribution in [2.45, 2.75) is 38.5 Å². The summed E-state index contributed by atoms with van der Waals surface area (Å²) in [4.78, 5) is 20.4. The van der Waals surface area contributed by atoms with Gasteiger partial charge in [0.05, 0.1) is 5.69 Å². The highest BCUT2D eigenvalue weighted by atomic mass is 32.1. The van der Waals surface area contributed by atoms with E-state index >= 15 is 0 Å². The fraction of sp³-hybridized carbons (Fsp3) is 0.400. The molecule has 1 aliphatic heterocycles. The lowest BCUT2D eigenvalue weighted by Gasteiger charge is -2.26. The van der Waals surface area contributed by atoms with Crippen molar-refractivity contribution in [1.29, 1.82) is 0 Å². The lowest BCUT2D eigenvalue weighted by atomic mass is 10.00. The maximum atomic E-state index is 12.5. The van der Waals surface area contributed by atoms with E-state index in [1.165, 1.54) is 41.0 Å². The van der Waals surface area contributed by atoms with Crippen molar-refractivity contribution in [1.82, 2.24) is 9.88 Å². The smallest absolute Gasteiger partial charge is 0.320 e. The minimum absolute atomic E-state index is 0.0349. The molecule has 1 N–H and O–H groups in total. The molecule has 1 aromatic heterocycles. The molecular formula is C20H23N3OS. The summed E-state index contributed by atoms with van der Waals surface area (Å²) in [5.41, 5.74) is 3.78.